The Labute approximate surface area is 181 Å². The quantitative estimate of drug-likeness (QED) is 0.409. The summed E-state index contributed by atoms with van der Waals surface area (Å²) in [6, 6.07) is 6.61. The number of amides is 1. The van der Waals surface area contributed by atoms with Crippen LogP contribution in [0.15, 0.2) is 49.9 Å². The molecule has 152 valence electrons. The number of rotatable bonds is 7. The third-order valence-corrected chi connectivity index (χ3v) is 7.46. The van der Waals surface area contributed by atoms with Crippen LogP contribution in [-0.4, -0.2) is 37.0 Å². The molecule has 2 heterocycles. The molecular weight excluding hydrogens is 506 g/mol. The van der Waals surface area contributed by atoms with Gasteiger partial charge in [-0.05, 0) is 39.5 Å². The molecule has 0 saturated heterocycles. The minimum atomic E-state index is -3.79. The predicted molar refractivity (Wildman–Crippen MR) is 112 cm³/mol. The molecule has 0 radical (unpaired) electrons. The third kappa shape index (κ3) is 5.53. The van der Waals surface area contributed by atoms with E-state index < -0.39 is 34.3 Å². The fourth-order valence-corrected chi connectivity index (χ4v) is 5.23. The lowest BCUT2D eigenvalue weighted by atomic mass is 10.2. The number of carbonyl (C=O) groups excluding carboxylic acids is 2. The van der Waals surface area contributed by atoms with Crippen LogP contribution in [0.4, 0.5) is 10.8 Å². The van der Waals surface area contributed by atoms with Crippen molar-refractivity contribution in [2.45, 2.75) is 4.21 Å². The van der Waals surface area contributed by atoms with Gasteiger partial charge in [-0.25, -0.2) is 18.2 Å². The van der Waals surface area contributed by atoms with E-state index in [0.29, 0.717) is 5.13 Å². The molecule has 0 saturated carbocycles. The van der Waals surface area contributed by atoms with E-state index in [0.717, 1.165) is 21.2 Å². The third-order valence-electron chi connectivity index (χ3n) is 3.29. The zero-order chi connectivity index (χ0) is 21.0. The number of aromatic hydroxyl groups is 1. The monoisotopic (exact) mass is 517 g/mol. The van der Waals surface area contributed by atoms with E-state index in [1.165, 1.54) is 35.7 Å². The molecule has 29 heavy (non-hydrogen) atoms. The summed E-state index contributed by atoms with van der Waals surface area (Å²) in [7, 11) is -3.79. The fraction of sp³-hybridized carbons (Fsp3) is 0.0625. The molecule has 1 aromatic carbocycles. The number of ether oxygens (including phenoxy) is 1. The van der Waals surface area contributed by atoms with E-state index in [-0.39, 0.29) is 15.5 Å². The molecular formula is C16H12BrN3O6S3. The Hall–Kier alpha value is -2.48. The van der Waals surface area contributed by atoms with E-state index in [9.17, 15) is 23.1 Å². The number of nitrogens with zero attached hydrogens (tertiary/aromatic N) is 1. The van der Waals surface area contributed by atoms with Gasteiger partial charge in [0.05, 0.1) is 15.7 Å². The van der Waals surface area contributed by atoms with Gasteiger partial charge in [0.2, 0.25) is 0 Å². The number of anilines is 2. The van der Waals surface area contributed by atoms with Crippen molar-refractivity contribution in [1.82, 2.24) is 4.98 Å². The number of nitrogens with one attached hydrogen (secondary N) is 2. The van der Waals surface area contributed by atoms with Crippen LogP contribution in [0.25, 0.3) is 0 Å². The number of aromatic nitrogens is 1. The maximum atomic E-state index is 12.2. The van der Waals surface area contributed by atoms with Crippen LogP contribution in [0.2, 0.25) is 0 Å². The summed E-state index contributed by atoms with van der Waals surface area (Å²) in [6.45, 7) is -0.581. The number of benzene rings is 1. The SMILES string of the molecule is O=C(COC(=O)c1ccc(NS(=O)(=O)c2cccs2)cc1O)Nc1ncc(Br)s1. The van der Waals surface area contributed by atoms with Crippen molar-refractivity contribution in [3.63, 3.8) is 0 Å². The molecule has 13 heteroatoms. The van der Waals surface area contributed by atoms with Crippen molar-refractivity contribution in [1.29, 1.82) is 0 Å². The molecule has 0 spiro atoms. The van der Waals surface area contributed by atoms with Crippen LogP contribution >= 0.6 is 38.6 Å². The Morgan fingerprint density at radius 1 is 1.28 bits per heavy atom. The number of halogens is 1. The summed E-state index contributed by atoms with van der Waals surface area (Å²) in [6.07, 6.45) is 1.51. The molecule has 0 atom stereocenters. The second-order valence-electron chi connectivity index (χ2n) is 5.36. The Morgan fingerprint density at radius 3 is 2.69 bits per heavy atom. The van der Waals surface area contributed by atoms with Crippen LogP contribution < -0.4 is 10.0 Å². The summed E-state index contributed by atoms with van der Waals surface area (Å²) in [5, 5.41) is 14.5. The van der Waals surface area contributed by atoms with E-state index in [4.69, 9.17) is 4.74 Å². The Kier molecular flexibility index (Phi) is 6.52. The zero-order valence-electron chi connectivity index (χ0n) is 14.3. The molecule has 9 nitrogen and oxygen atoms in total. The Morgan fingerprint density at radius 2 is 2.07 bits per heavy atom. The van der Waals surface area contributed by atoms with Gasteiger partial charge in [0.1, 0.15) is 15.5 Å². The van der Waals surface area contributed by atoms with Crippen LogP contribution in [0, 0.1) is 0 Å². The number of thiophene rings is 1. The summed E-state index contributed by atoms with van der Waals surface area (Å²) in [5.74, 6) is -2.03. The number of esters is 1. The number of carbonyl (C=O) groups is 2. The Balaban J connectivity index is 1.60. The van der Waals surface area contributed by atoms with Crippen molar-refractivity contribution >= 4 is 71.3 Å². The first-order valence-electron chi connectivity index (χ1n) is 7.72. The smallest absolute Gasteiger partial charge is 0.342 e. The molecule has 2 aromatic heterocycles. The van der Waals surface area contributed by atoms with Crippen LogP contribution in [0.5, 0.6) is 5.75 Å². The van der Waals surface area contributed by atoms with Gasteiger partial charge < -0.3 is 9.84 Å². The maximum absolute atomic E-state index is 12.2. The molecule has 0 aliphatic rings. The maximum Gasteiger partial charge on any atom is 0.342 e. The molecule has 0 bridgehead atoms. The summed E-state index contributed by atoms with van der Waals surface area (Å²) in [4.78, 5) is 27.8. The second kappa shape index (κ2) is 8.90. The first kappa shape index (κ1) is 21.2. The van der Waals surface area contributed by atoms with E-state index in [1.54, 1.807) is 11.4 Å². The Bertz CT molecular complexity index is 1140. The molecule has 3 N–H and O–H groups in total. The van der Waals surface area contributed by atoms with Gasteiger partial charge in [0, 0.05) is 6.07 Å². The number of hydrogen-bond acceptors (Lipinski definition) is 9. The lowest BCUT2D eigenvalue weighted by Crippen LogP contribution is -2.21. The molecule has 3 aromatic rings. The average molecular weight is 518 g/mol. The van der Waals surface area contributed by atoms with E-state index >= 15 is 0 Å². The van der Waals surface area contributed by atoms with Crippen molar-refractivity contribution in [2.24, 2.45) is 0 Å². The van der Waals surface area contributed by atoms with Crippen LogP contribution in [0.3, 0.4) is 0 Å². The number of sulfonamides is 1. The standard InChI is InChI=1S/C16H12BrN3O6S3/c17-12-7-18-16(28-12)19-13(22)8-26-15(23)10-4-3-9(6-11(10)21)20-29(24,25)14-2-1-5-27-14/h1-7,20-21H,8H2,(H,18,19,22). The highest BCUT2D eigenvalue weighted by atomic mass is 79.9. The lowest BCUT2D eigenvalue weighted by Gasteiger charge is -2.09. The molecule has 0 fully saturated rings. The number of thiazole rings is 1. The molecule has 0 aliphatic heterocycles. The van der Waals surface area contributed by atoms with Crippen molar-refractivity contribution in [3.05, 3.63) is 51.3 Å². The average Bonchev–Trinajstić information content (AvgIpc) is 3.32. The highest BCUT2D eigenvalue weighted by Crippen LogP contribution is 2.26. The largest absolute Gasteiger partial charge is 0.507 e. The minimum absolute atomic E-state index is 0.0690. The molecule has 0 unspecified atom stereocenters. The summed E-state index contributed by atoms with van der Waals surface area (Å²) >= 11 is 5.44. The molecule has 0 aliphatic carbocycles. The number of hydrogen-bond donors (Lipinski definition) is 3. The van der Waals surface area contributed by atoms with Crippen molar-refractivity contribution in [3.8, 4) is 5.75 Å². The van der Waals surface area contributed by atoms with Crippen LogP contribution in [0.1, 0.15) is 10.4 Å². The van der Waals surface area contributed by atoms with E-state index in [1.807, 2.05) is 0 Å². The van der Waals surface area contributed by atoms with Crippen molar-refractivity contribution in [2.75, 3.05) is 16.6 Å². The highest BCUT2D eigenvalue weighted by Gasteiger charge is 2.19. The van der Waals surface area contributed by atoms with E-state index in [2.05, 4.69) is 31.0 Å². The first-order chi connectivity index (χ1) is 13.7. The van der Waals surface area contributed by atoms with Gasteiger partial charge in [-0.1, -0.05) is 17.4 Å². The van der Waals surface area contributed by atoms with Gasteiger partial charge in [-0.15, -0.1) is 11.3 Å². The highest BCUT2D eigenvalue weighted by molar-refractivity contribution is 9.11. The summed E-state index contributed by atoms with van der Waals surface area (Å²) in [5.41, 5.74) is -0.145. The van der Waals surface area contributed by atoms with Crippen molar-refractivity contribution < 1.29 is 27.9 Å². The van der Waals surface area contributed by atoms with Gasteiger partial charge >= 0.3 is 5.97 Å². The predicted octanol–water partition coefficient (Wildman–Crippen LogP) is 3.27. The van der Waals surface area contributed by atoms with Gasteiger partial charge in [0.15, 0.2) is 11.7 Å². The molecule has 1 amide bonds. The summed E-state index contributed by atoms with van der Waals surface area (Å²) < 4.78 is 32.4. The van der Waals surface area contributed by atoms with Gasteiger partial charge in [-0.2, -0.15) is 0 Å². The normalized spacial score (nSPS) is 11.1. The van der Waals surface area contributed by atoms with Gasteiger partial charge in [-0.3, -0.25) is 14.8 Å². The van der Waals surface area contributed by atoms with Crippen LogP contribution in [-0.2, 0) is 19.6 Å². The van der Waals surface area contributed by atoms with Gasteiger partial charge in [0.25, 0.3) is 15.9 Å². The lowest BCUT2D eigenvalue weighted by molar-refractivity contribution is -0.119. The molecule has 3 rings (SSSR count). The number of phenols is 1. The first-order valence-corrected chi connectivity index (χ1v) is 11.7. The fourth-order valence-electron chi connectivity index (χ4n) is 2.07. The minimum Gasteiger partial charge on any atom is -0.507 e. The number of phenolic OH excluding ortho intramolecular Hbond substituents is 1. The topological polar surface area (TPSA) is 135 Å². The zero-order valence-corrected chi connectivity index (χ0v) is 18.3. The second-order valence-corrected chi connectivity index (χ2v) is 10.6.